The Morgan fingerprint density at radius 1 is 1.00 bits per heavy atom. The highest BCUT2D eigenvalue weighted by Gasteiger charge is 2.22. The second-order valence-electron chi connectivity index (χ2n) is 5.41. The van der Waals surface area contributed by atoms with Crippen molar-refractivity contribution >= 4 is 11.4 Å². The van der Waals surface area contributed by atoms with Crippen molar-refractivity contribution in [2.45, 2.75) is 12.5 Å². The van der Waals surface area contributed by atoms with Crippen LogP contribution in [-0.4, -0.2) is 25.7 Å². The van der Waals surface area contributed by atoms with Crippen LogP contribution in [0, 0.1) is 0 Å². The Bertz CT molecular complexity index is 550. The molecule has 0 saturated heterocycles. The molecule has 0 amide bonds. The Morgan fingerprint density at radius 2 is 1.60 bits per heavy atom. The topological polar surface area (TPSA) is 35.5 Å². The molecule has 3 heteroatoms. The van der Waals surface area contributed by atoms with Gasteiger partial charge in [-0.3, -0.25) is 0 Å². The first-order chi connectivity index (χ1) is 9.50. The van der Waals surface area contributed by atoms with E-state index >= 15 is 0 Å². The van der Waals surface area contributed by atoms with E-state index in [0.717, 1.165) is 16.9 Å². The van der Waals surface area contributed by atoms with Gasteiger partial charge in [0, 0.05) is 20.6 Å². The third-order valence-corrected chi connectivity index (χ3v) is 3.40. The molecule has 1 unspecified atom stereocenters. The van der Waals surface area contributed by atoms with Crippen LogP contribution in [0.1, 0.15) is 12.5 Å². The fourth-order valence-electron chi connectivity index (χ4n) is 2.18. The molecule has 3 nitrogen and oxygen atoms in total. The molecule has 20 heavy (non-hydrogen) atoms. The number of anilines is 2. The lowest BCUT2D eigenvalue weighted by Gasteiger charge is -2.26. The van der Waals surface area contributed by atoms with Gasteiger partial charge >= 0.3 is 0 Å². The SMILES string of the molecule is CN(C)c1ccccc1NCC(C)(O)c1ccccc1. The molecule has 0 radical (unpaired) electrons. The number of aliphatic hydroxyl groups is 1. The van der Waals surface area contributed by atoms with E-state index < -0.39 is 5.60 Å². The number of nitrogens with zero attached hydrogens (tertiary/aromatic N) is 1. The van der Waals surface area contributed by atoms with Gasteiger partial charge in [0.1, 0.15) is 5.60 Å². The smallest absolute Gasteiger partial charge is 0.104 e. The van der Waals surface area contributed by atoms with E-state index in [1.807, 2.05) is 69.6 Å². The van der Waals surface area contributed by atoms with E-state index in [1.54, 1.807) is 0 Å². The molecule has 0 bridgehead atoms. The lowest BCUT2D eigenvalue weighted by Crippen LogP contribution is -2.31. The minimum Gasteiger partial charge on any atom is -0.384 e. The maximum absolute atomic E-state index is 10.6. The van der Waals surface area contributed by atoms with E-state index in [0.29, 0.717) is 6.54 Å². The standard InChI is InChI=1S/C17H22N2O/c1-17(20,14-9-5-4-6-10-14)13-18-15-11-7-8-12-16(15)19(2)3/h4-12,18,20H,13H2,1-3H3. The summed E-state index contributed by atoms with van der Waals surface area (Å²) in [4.78, 5) is 2.06. The molecule has 2 aromatic carbocycles. The van der Waals surface area contributed by atoms with Crippen molar-refractivity contribution in [3.8, 4) is 0 Å². The highest BCUT2D eigenvalue weighted by molar-refractivity contribution is 5.69. The minimum absolute atomic E-state index is 0.460. The molecule has 0 aromatic heterocycles. The number of nitrogens with one attached hydrogen (secondary N) is 1. The molecule has 0 saturated carbocycles. The summed E-state index contributed by atoms with van der Waals surface area (Å²) >= 11 is 0. The Morgan fingerprint density at radius 3 is 2.25 bits per heavy atom. The van der Waals surface area contributed by atoms with Crippen LogP contribution in [0.2, 0.25) is 0 Å². The quantitative estimate of drug-likeness (QED) is 0.876. The minimum atomic E-state index is -0.902. The molecule has 0 heterocycles. The van der Waals surface area contributed by atoms with Gasteiger partial charge in [-0.2, -0.15) is 0 Å². The Balaban J connectivity index is 2.13. The van der Waals surface area contributed by atoms with Gasteiger partial charge in [-0.15, -0.1) is 0 Å². The molecular formula is C17H22N2O. The van der Waals surface area contributed by atoms with Gasteiger partial charge in [0.05, 0.1) is 11.4 Å². The van der Waals surface area contributed by atoms with Crippen molar-refractivity contribution in [3.63, 3.8) is 0 Å². The van der Waals surface area contributed by atoms with Crippen LogP contribution in [0.15, 0.2) is 54.6 Å². The van der Waals surface area contributed by atoms with Crippen molar-refractivity contribution < 1.29 is 5.11 Å². The number of benzene rings is 2. The molecule has 106 valence electrons. The molecular weight excluding hydrogens is 248 g/mol. The first-order valence-corrected chi connectivity index (χ1v) is 6.79. The maximum atomic E-state index is 10.6. The fourth-order valence-corrected chi connectivity index (χ4v) is 2.18. The number of rotatable bonds is 5. The van der Waals surface area contributed by atoms with Crippen LogP contribution in [0.25, 0.3) is 0 Å². The van der Waals surface area contributed by atoms with Crippen LogP contribution in [0.4, 0.5) is 11.4 Å². The first kappa shape index (κ1) is 14.4. The summed E-state index contributed by atoms with van der Waals surface area (Å²) in [5.41, 5.74) is 2.14. The lowest BCUT2D eigenvalue weighted by molar-refractivity contribution is 0.0715. The predicted octanol–water partition coefficient (Wildman–Crippen LogP) is 3.07. The molecule has 2 aromatic rings. The van der Waals surface area contributed by atoms with Crippen LogP contribution in [0.5, 0.6) is 0 Å². The number of para-hydroxylation sites is 2. The van der Waals surface area contributed by atoms with Gasteiger partial charge in [0.2, 0.25) is 0 Å². The molecule has 1 atom stereocenters. The predicted molar refractivity (Wildman–Crippen MR) is 85.3 cm³/mol. The molecule has 0 spiro atoms. The van der Waals surface area contributed by atoms with Gasteiger partial charge in [0.15, 0.2) is 0 Å². The zero-order valence-corrected chi connectivity index (χ0v) is 12.3. The highest BCUT2D eigenvalue weighted by Crippen LogP contribution is 2.26. The van der Waals surface area contributed by atoms with E-state index in [2.05, 4.69) is 16.3 Å². The van der Waals surface area contributed by atoms with E-state index in [-0.39, 0.29) is 0 Å². The molecule has 0 aliphatic rings. The average Bonchev–Trinajstić information content (AvgIpc) is 2.46. The lowest BCUT2D eigenvalue weighted by atomic mass is 9.96. The third-order valence-electron chi connectivity index (χ3n) is 3.40. The van der Waals surface area contributed by atoms with Gasteiger partial charge in [-0.25, -0.2) is 0 Å². The van der Waals surface area contributed by atoms with Crippen LogP contribution in [-0.2, 0) is 5.60 Å². The van der Waals surface area contributed by atoms with E-state index in [4.69, 9.17) is 0 Å². The van der Waals surface area contributed by atoms with Crippen molar-refractivity contribution in [2.75, 3.05) is 30.9 Å². The first-order valence-electron chi connectivity index (χ1n) is 6.79. The largest absolute Gasteiger partial charge is 0.384 e. The van der Waals surface area contributed by atoms with Crippen molar-refractivity contribution in [1.29, 1.82) is 0 Å². The summed E-state index contributed by atoms with van der Waals surface area (Å²) < 4.78 is 0. The van der Waals surface area contributed by atoms with Gasteiger partial charge in [-0.05, 0) is 24.6 Å². The number of hydrogen-bond acceptors (Lipinski definition) is 3. The van der Waals surface area contributed by atoms with Crippen molar-refractivity contribution in [3.05, 3.63) is 60.2 Å². The second kappa shape index (κ2) is 5.97. The molecule has 2 N–H and O–H groups in total. The fraction of sp³-hybridized carbons (Fsp3) is 0.294. The highest BCUT2D eigenvalue weighted by atomic mass is 16.3. The second-order valence-corrected chi connectivity index (χ2v) is 5.41. The van der Waals surface area contributed by atoms with Crippen LogP contribution in [0.3, 0.4) is 0 Å². The Labute approximate surface area is 120 Å². The Hall–Kier alpha value is -2.00. The molecule has 0 aliphatic carbocycles. The van der Waals surface area contributed by atoms with Gasteiger partial charge in [-0.1, -0.05) is 42.5 Å². The average molecular weight is 270 g/mol. The Kier molecular flexibility index (Phi) is 4.30. The van der Waals surface area contributed by atoms with Crippen LogP contribution >= 0.6 is 0 Å². The van der Waals surface area contributed by atoms with Gasteiger partial charge < -0.3 is 15.3 Å². The molecule has 0 aliphatic heterocycles. The summed E-state index contributed by atoms with van der Waals surface area (Å²) in [6.45, 7) is 2.29. The van der Waals surface area contributed by atoms with Crippen molar-refractivity contribution in [2.24, 2.45) is 0 Å². The van der Waals surface area contributed by atoms with Crippen molar-refractivity contribution in [1.82, 2.24) is 0 Å². The number of hydrogen-bond donors (Lipinski definition) is 2. The summed E-state index contributed by atoms with van der Waals surface area (Å²) in [5.74, 6) is 0. The maximum Gasteiger partial charge on any atom is 0.104 e. The van der Waals surface area contributed by atoms with Gasteiger partial charge in [0.25, 0.3) is 0 Å². The van der Waals surface area contributed by atoms with E-state index in [1.165, 1.54) is 0 Å². The molecule has 0 fully saturated rings. The monoisotopic (exact) mass is 270 g/mol. The summed E-state index contributed by atoms with van der Waals surface area (Å²) in [6, 6.07) is 17.8. The third kappa shape index (κ3) is 3.31. The summed E-state index contributed by atoms with van der Waals surface area (Å²) in [5, 5.41) is 13.9. The molecule has 2 rings (SSSR count). The zero-order valence-electron chi connectivity index (χ0n) is 12.3. The zero-order chi connectivity index (χ0) is 14.6. The van der Waals surface area contributed by atoms with Crippen LogP contribution < -0.4 is 10.2 Å². The summed E-state index contributed by atoms with van der Waals surface area (Å²) in [7, 11) is 4.02. The summed E-state index contributed by atoms with van der Waals surface area (Å²) in [6.07, 6.45) is 0. The normalized spacial score (nSPS) is 13.6. The van der Waals surface area contributed by atoms with E-state index in [9.17, 15) is 5.11 Å².